The van der Waals surface area contributed by atoms with Crippen LogP contribution in [0, 0.1) is 0 Å². The summed E-state index contributed by atoms with van der Waals surface area (Å²) in [6.45, 7) is 2.77. The van der Waals surface area contributed by atoms with Gasteiger partial charge in [-0.3, -0.25) is 0 Å². The van der Waals surface area contributed by atoms with E-state index in [4.69, 9.17) is 0 Å². The zero-order valence-electron chi connectivity index (χ0n) is 12.8. The van der Waals surface area contributed by atoms with Gasteiger partial charge in [0.1, 0.15) is 12.7 Å². The maximum atomic E-state index is 4.37. The Bertz CT molecular complexity index is 756. The number of benzene rings is 1. The zero-order valence-corrected chi connectivity index (χ0v) is 12.8. The second-order valence-electron chi connectivity index (χ2n) is 5.85. The molecule has 23 heavy (non-hydrogen) atoms. The lowest BCUT2D eigenvalue weighted by molar-refractivity contribution is 0.454. The largest absolute Gasteiger partial charge is 0.316 e. The van der Waals surface area contributed by atoms with E-state index in [2.05, 4.69) is 38.0 Å². The molecule has 1 fully saturated rings. The summed E-state index contributed by atoms with van der Waals surface area (Å²) in [7, 11) is 0. The van der Waals surface area contributed by atoms with Crippen LogP contribution in [0.2, 0.25) is 0 Å². The zero-order chi connectivity index (χ0) is 15.5. The van der Waals surface area contributed by atoms with E-state index < -0.39 is 0 Å². The maximum Gasteiger partial charge on any atom is 0.138 e. The maximum absolute atomic E-state index is 4.37. The van der Waals surface area contributed by atoms with E-state index in [0.717, 1.165) is 30.0 Å². The van der Waals surface area contributed by atoms with E-state index in [1.807, 2.05) is 22.9 Å². The van der Waals surface area contributed by atoms with Gasteiger partial charge < -0.3 is 5.32 Å². The lowest BCUT2D eigenvalue weighted by Gasteiger charge is -2.20. The van der Waals surface area contributed by atoms with Crippen molar-refractivity contribution in [3.8, 4) is 5.69 Å². The number of para-hydroxylation sites is 1. The van der Waals surface area contributed by atoms with Crippen LogP contribution in [0.1, 0.15) is 30.0 Å². The molecule has 1 aliphatic rings. The van der Waals surface area contributed by atoms with Crippen molar-refractivity contribution in [3.05, 3.63) is 54.4 Å². The number of nitrogens with one attached hydrogen (secondary N) is 1. The molecule has 7 nitrogen and oxygen atoms in total. The standard InChI is InChI=1S/C16H19N7/c1-2-6-16(23-12-18-11-19-23)14(4-1)9-22-10-15(20-21-22)13-5-3-7-17-8-13/h1-2,4,6,10-13,17H,3,5,7-9H2/t13-/m0/s1. The second-order valence-corrected chi connectivity index (χ2v) is 5.85. The van der Waals surface area contributed by atoms with Gasteiger partial charge in [0.15, 0.2) is 0 Å². The Balaban J connectivity index is 1.56. The summed E-state index contributed by atoms with van der Waals surface area (Å²) in [5, 5.41) is 16.3. The molecule has 0 amide bonds. The Labute approximate surface area is 134 Å². The van der Waals surface area contributed by atoms with Gasteiger partial charge in [-0.05, 0) is 31.0 Å². The molecule has 2 aromatic heterocycles. The van der Waals surface area contributed by atoms with Crippen molar-refractivity contribution in [3.63, 3.8) is 0 Å². The molecule has 3 heterocycles. The lowest BCUT2D eigenvalue weighted by atomic mass is 9.97. The molecule has 118 valence electrons. The third-order valence-electron chi connectivity index (χ3n) is 4.26. The summed E-state index contributed by atoms with van der Waals surface area (Å²) < 4.78 is 3.68. The second kappa shape index (κ2) is 6.29. The molecule has 0 saturated carbocycles. The Kier molecular flexibility index (Phi) is 3.85. The first-order chi connectivity index (χ1) is 11.4. The Morgan fingerprint density at radius 1 is 1.26 bits per heavy atom. The molecule has 0 spiro atoms. The van der Waals surface area contributed by atoms with Gasteiger partial charge in [0.25, 0.3) is 0 Å². The fraction of sp³-hybridized carbons (Fsp3) is 0.375. The SMILES string of the molecule is c1ccc(-n2cncn2)c(Cn2cc([C@H]3CCCNC3)nn2)c1. The van der Waals surface area contributed by atoms with E-state index in [9.17, 15) is 0 Å². The molecule has 4 rings (SSSR count). The van der Waals surface area contributed by atoms with Crippen molar-refractivity contribution in [2.45, 2.75) is 25.3 Å². The van der Waals surface area contributed by atoms with Gasteiger partial charge >= 0.3 is 0 Å². The van der Waals surface area contributed by atoms with Crippen molar-refractivity contribution in [2.75, 3.05) is 13.1 Å². The lowest BCUT2D eigenvalue weighted by Crippen LogP contribution is -2.28. The van der Waals surface area contributed by atoms with E-state index >= 15 is 0 Å². The van der Waals surface area contributed by atoms with Gasteiger partial charge in [-0.1, -0.05) is 23.4 Å². The topological polar surface area (TPSA) is 73.5 Å². The molecule has 1 aromatic carbocycles. The fourth-order valence-electron chi connectivity index (χ4n) is 3.06. The molecular formula is C16H19N7. The minimum atomic E-state index is 0.475. The number of hydrogen-bond acceptors (Lipinski definition) is 5. The van der Waals surface area contributed by atoms with Crippen molar-refractivity contribution in [2.24, 2.45) is 0 Å². The summed E-state index contributed by atoms with van der Waals surface area (Å²) in [6.07, 6.45) is 7.70. The molecule has 1 saturated heterocycles. The van der Waals surface area contributed by atoms with Crippen LogP contribution in [0.5, 0.6) is 0 Å². The number of aromatic nitrogens is 6. The van der Waals surface area contributed by atoms with Crippen LogP contribution in [-0.2, 0) is 6.54 Å². The van der Waals surface area contributed by atoms with Gasteiger partial charge in [0.05, 0.1) is 17.9 Å². The van der Waals surface area contributed by atoms with Crippen molar-refractivity contribution >= 4 is 0 Å². The summed E-state index contributed by atoms with van der Waals surface area (Å²) in [5.74, 6) is 0.475. The average molecular weight is 309 g/mol. The van der Waals surface area contributed by atoms with E-state index in [1.165, 1.54) is 12.8 Å². The predicted octanol–water partition coefficient (Wildman–Crippen LogP) is 1.37. The van der Waals surface area contributed by atoms with Crippen LogP contribution in [0.25, 0.3) is 5.69 Å². The van der Waals surface area contributed by atoms with E-state index in [-0.39, 0.29) is 0 Å². The predicted molar refractivity (Wildman–Crippen MR) is 85.3 cm³/mol. The Morgan fingerprint density at radius 2 is 2.22 bits per heavy atom. The summed E-state index contributed by atoms with van der Waals surface area (Å²) in [4.78, 5) is 4.02. The van der Waals surface area contributed by atoms with Crippen LogP contribution in [-0.4, -0.2) is 42.8 Å². The molecule has 0 unspecified atom stereocenters. The quantitative estimate of drug-likeness (QED) is 0.788. The molecule has 1 aliphatic heterocycles. The van der Waals surface area contributed by atoms with Crippen LogP contribution in [0.15, 0.2) is 43.1 Å². The highest BCUT2D eigenvalue weighted by Crippen LogP contribution is 2.21. The minimum Gasteiger partial charge on any atom is -0.316 e. The molecule has 0 aliphatic carbocycles. The number of hydrogen-bond donors (Lipinski definition) is 1. The number of rotatable bonds is 4. The minimum absolute atomic E-state index is 0.475. The monoisotopic (exact) mass is 309 g/mol. The van der Waals surface area contributed by atoms with Crippen LogP contribution >= 0.6 is 0 Å². The number of nitrogens with zero attached hydrogens (tertiary/aromatic N) is 6. The first-order valence-electron chi connectivity index (χ1n) is 7.94. The molecular weight excluding hydrogens is 290 g/mol. The first-order valence-corrected chi connectivity index (χ1v) is 7.94. The molecule has 0 radical (unpaired) electrons. The summed E-state index contributed by atoms with van der Waals surface area (Å²) in [5.41, 5.74) is 3.23. The van der Waals surface area contributed by atoms with Crippen LogP contribution < -0.4 is 5.32 Å². The van der Waals surface area contributed by atoms with Crippen molar-refractivity contribution < 1.29 is 0 Å². The fourth-order valence-corrected chi connectivity index (χ4v) is 3.06. The summed E-state index contributed by atoms with van der Waals surface area (Å²) >= 11 is 0. The van der Waals surface area contributed by atoms with Crippen LogP contribution in [0.3, 0.4) is 0 Å². The molecule has 1 atom stereocenters. The van der Waals surface area contributed by atoms with E-state index in [0.29, 0.717) is 12.5 Å². The third kappa shape index (κ3) is 3.00. The van der Waals surface area contributed by atoms with Crippen molar-refractivity contribution in [1.29, 1.82) is 0 Å². The summed E-state index contributed by atoms with van der Waals surface area (Å²) in [6, 6.07) is 8.15. The van der Waals surface area contributed by atoms with Crippen molar-refractivity contribution in [1.82, 2.24) is 35.1 Å². The highest BCUT2D eigenvalue weighted by atomic mass is 15.4. The van der Waals surface area contributed by atoms with Gasteiger partial charge in [0, 0.05) is 18.7 Å². The van der Waals surface area contributed by atoms with Crippen LogP contribution in [0.4, 0.5) is 0 Å². The normalized spacial score (nSPS) is 18.2. The molecule has 0 bridgehead atoms. The highest BCUT2D eigenvalue weighted by molar-refractivity contribution is 5.39. The third-order valence-corrected chi connectivity index (χ3v) is 4.26. The van der Waals surface area contributed by atoms with E-state index in [1.54, 1.807) is 17.3 Å². The first kappa shape index (κ1) is 14.1. The van der Waals surface area contributed by atoms with Gasteiger partial charge in [-0.15, -0.1) is 5.10 Å². The Morgan fingerprint density at radius 3 is 3.04 bits per heavy atom. The van der Waals surface area contributed by atoms with Gasteiger partial charge in [-0.2, -0.15) is 5.10 Å². The smallest absolute Gasteiger partial charge is 0.138 e. The number of piperidine rings is 1. The Hall–Kier alpha value is -2.54. The van der Waals surface area contributed by atoms with Gasteiger partial charge in [-0.25, -0.2) is 14.3 Å². The molecule has 7 heteroatoms. The van der Waals surface area contributed by atoms with Gasteiger partial charge in [0.2, 0.25) is 0 Å². The molecule has 3 aromatic rings. The highest BCUT2D eigenvalue weighted by Gasteiger charge is 2.18. The average Bonchev–Trinajstić information content (AvgIpc) is 3.28. The molecule has 1 N–H and O–H groups in total.